The Morgan fingerprint density at radius 1 is 1.31 bits per heavy atom. The third-order valence-corrected chi connectivity index (χ3v) is 4.13. The van der Waals surface area contributed by atoms with Crippen LogP contribution in [0.1, 0.15) is 10.6 Å². The Morgan fingerprint density at radius 2 is 2.12 bits per heavy atom. The molecule has 0 fully saturated rings. The Morgan fingerprint density at radius 3 is 2.81 bits per heavy atom. The molecule has 2 N–H and O–H groups in total. The summed E-state index contributed by atoms with van der Waals surface area (Å²) in [5, 5.41) is 9.07. The lowest BCUT2D eigenvalue weighted by Gasteiger charge is -2.03. The van der Waals surface area contributed by atoms with Crippen LogP contribution in [0.2, 0.25) is 0 Å². The topological polar surface area (TPSA) is 51.8 Å². The molecule has 84 valence electrons. The summed E-state index contributed by atoms with van der Waals surface area (Å²) in [7, 11) is 0. The molecule has 3 nitrogen and oxygen atoms in total. The Hall–Kier alpha value is -1.07. The molecule has 0 spiro atoms. The van der Waals surface area contributed by atoms with Crippen molar-refractivity contribution in [3.63, 3.8) is 0 Å². The predicted octanol–water partition coefficient (Wildman–Crippen LogP) is 2.76. The Kier molecular flexibility index (Phi) is 3.79. The number of para-hydroxylation sites is 1. The van der Waals surface area contributed by atoms with E-state index < -0.39 is 0 Å². The van der Waals surface area contributed by atoms with Crippen molar-refractivity contribution in [2.75, 3.05) is 11.5 Å². The van der Waals surface area contributed by atoms with E-state index in [1.54, 1.807) is 23.1 Å². The minimum atomic E-state index is 0.872. The Labute approximate surface area is 103 Å². The highest BCUT2D eigenvalue weighted by molar-refractivity contribution is 8.01. The molecule has 5 heteroatoms. The zero-order chi connectivity index (χ0) is 11.4. The quantitative estimate of drug-likeness (QED) is 0.670. The predicted molar refractivity (Wildman–Crippen MR) is 69.9 cm³/mol. The van der Waals surface area contributed by atoms with E-state index in [1.807, 2.05) is 25.1 Å². The van der Waals surface area contributed by atoms with Crippen LogP contribution in [0.5, 0.6) is 0 Å². The number of nitrogens with zero attached hydrogens (tertiary/aromatic N) is 2. The van der Waals surface area contributed by atoms with Gasteiger partial charge in [0.25, 0.3) is 0 Å². The highest BCUT2D eigenvalue weighted by atomic mass is 32.2. The van der Waals surface area contributed by atoms with E-state index in [-0.39, 0.29) is 0 Å². The average Bonchev–Trinajstić information content (AvgIpc) is 2.67. The van der Waals surface area contributed by atoms with Crippen LogP contribution in [0, 0.1) is 6.92 Å². The second-order valence-electron chi connectivity index (χ2n) is 3.38. The molecule has 0 saturated carbocycles. The molecule has 0 aliphatic rings. The second-order valence-corrected chi connectivity index (χ2v) is 5.91. The van der Waals surface area contributed by atoms with Gasteiger partial charge in [0.05, 0.1) is 0 Å². The first-order valence-electron chi connectivity index (χ1n) is 5.02. The van der Waals surface area contributed by atoms with Gasteiger partial charge in [0.2, 0.25) is 0 Å². The second kappa shape index (κ2) is 5.32. The highest BCUT2D eigenvalue weighted by Crippen LogP contribution is 2.23. The Balaban J connectivity index is 1.87. The SMILES string of the molecule is Cc1nnc(SCCc2ccccc2N)s1. The molecule has 16 heavy (non-hydrogen) atoms. The fourth-order valence-corrected chi connectivity index (χ4v) is 3.21. The van der Waals surface area contributed by atoms with E-state index in [1.165, 1.54) is 5.56 Å². The largest absolute Gasteiger partial charge is 0.399 e. The van der Waals surface area contributed by atoms with Crippen molar-refractivity contribution >= 4 is 28.8 Å². The summed E-state index contributed by atoms with van der Waals surface area (Å²) in [4.78, 5) is 0. The number of hydrogen-bond acceptors (Lipinski definition) is 5. The third-order valence-electron chi connectivity index (χ3n) is 2.16. The number of nitrogen functional groups attached to an aromatic ring is 1. The lowest BCUT2D eigenvalue weighted by molar-refractivity contribution is 0.982. The van der Waals surface area contributed by atoms with Crippen LogP contribution >= 0.6 is 23.1 Å². The molecule has 2 rings (SSSR count). The highest BCUT2D eigenvalue weighted by Gasteiger charge is 2.02. The molecular formula is C11H13N3S2. The van der Waals surface area contributed by atoms with E-state index in [0.29, 0.717) is 0 Å². The van der Waals surface area contributed by atoms with E-state index >= 15 is 0 Å². The van der Waals surface area contributed by atoms with Crippen LogP contribution in [0.3, 0.4) is 0 Å². The van der Waals surface area contributed by atoms with Crippen LogP contribution < -0.4 is 5.73 Å². The molecule has 0 aliphatic carbocycles. The summed E-state index contributed by atoms with van der Waals surface area (Å²) in [5.74, 6) is 0.989. The van der Waals surface area contributed by atoms with Gasteiger partial charge in [0.1, 0.15) is 5.01 Å². The molecule has 0 aliphatic heterocycles. The molecular weight excluding hydrogens is 238 g/mol. The van der Waals surface area contributed by atoms with E-state index in [4.69, 9.17) is 5.73 Å². The maximum absolute atomic E-state index is 5.87. The number of aryl methyl sites for hydroxylation is 2. The van der Waals surface area contributed by atoms with Gasteiger partial charge in [-0.25, -0.2) is 0 Å². The number of anilines is 1. The number of benzene rings is 1. The van der Waals surface area contributed by atoms with E-state index in [2.05, 4.69) is 16.3 Å². The van der Waals surface area contributed by atoms with Crippen molar-refractivity contribution in [1.29, 1.82) is 0 Å². The fraction of sp³-hybridized carbons (Fsp3) is 0.273. The number of thioether (sulfide) groups is 1. The summed E-state index contributed by atoms with van der Waals surface area (Å²) >= 11 is 3.37. The number of hydrogen-bond donors (Lipinski definition) is 1. The van der Waals surface area contributed by atoms with Crippen molar-refractivity contribution < 1.29 is 0 Å². The van der Waals surface area contributed by atoms with Gasteiger partial charge in [-0.15, -0.1) is 10.2 Å². The van der Waals surface area contributed by atoms with Crippen molar-refractivity contribution in [1.82, 2.24) is 10.2 Å². The van der Waals surface area contributed by atoms with Crippen molar-refractivity contribution in [3.05, 3.63) is 34.8 Å². The van der Waals surface area contributed by atoms with Crippen LogP contribution in [0.25, 0.3) is 0 Å². The maximum atomic E-state index is 5.87. The summed E-state index contributed by atoms with van der Waals surface area (Å²) in [5.41, 5.74) is 7.95. The van der Waals surface area contributed by atoms with Crippen LogP contribution in [0.15, 0.2) is 28.6 Å². The molecule has 0 bridgehead atoms. The third kappa shape index (κ3) is 2.96. The number of nitrogens with two attached hydrogens (primary N) is 1. The lowest BCUT2D eigenvalue weighted by Crippen LogP contribution is -1.95. The summed E-state index contributed by atoms with van der Waals surface area (Å²) in [6.07, 6.45) is 0.968. The molecule has 0 atom stereocenters. The molecule has 1 heterocycles. The molecule has 1 aromatic heterocycles. The zero-order valence-electron chi connectivity index (χ0n) is 9.01. The van der Waals surface area contributed by atoms with Gasteiger partial charge in [-0.2, -0.15) is 0 Å². The first-order valence-corrected chi connectivity index (χ1v) is 6.82. The van der Waals surface area contributed by atoms with Gasteiger partial charge in [0.15, 0.2) is 4.34 Å². The first kappa shape index (κ1) is 11.4. The smallest absolute Gasteiger partial charge is 0.174 e. The monoisotopic (exact) mass is 251 g/mol. The molecule has 2 aromatic rings. The van der Waals surface area contributed by atoms with E-state index in [9.17, 15) is 0 Å². The van der Waals surface area contributed by atoms with Gasteiger partial charge in [-0.3, -0.25) is 0 Å². The maximum Gasteiger partial charge on any atom is 0.174 e. The standard InChI is InChI=1S/C11H13N3S2/c1-8-13-14-11(16-8)15-7-6-9-4-2-3-5-10(9)12/h2-5H,6-7,12H2,1H3. The van der Waals surface area contributed by atoms with Gasteiger partial charge in [0, 0.05) is 11.4 Å². The van der Waals surface area contributed by atoms with E-state index in [0.717, 1.165) is 27.2 Å². The van der Waals surface area contributed by atoms with Crippen LogP contribution in [-0.2, 0) is 6.42 Å². The molecule has 0 saturated heterocycles. The summed E-state index contributed by atoms with van der Waals surface area (Å²) in [6.45, 7) is 1.97. The zero-order valence-corrected chi connectivity index (χ0v) is 10.6. The van der Waals surface area contributed by atoms with Crippen molar-refractivity contribution in [3.8, 4) is 0 Å². The van der Waals surface area contributed by atoms with Crippen molar-refractivity contribution in [2.24, 2.45) is 0 Å². The number of rotatable bonds is 4. The first-order chi connectivity index (χ1) is 7.75. The molecule has 0 amide bonds. The molecule has 0 unspecified atom stereocenters. The number of aromatic nitrogens is 2. The summed E-state index contributed by atoms with van der Waals surface area (Å²) < 4.78 is 1.03. The van der Waals surface area contributed by atoms with Gasteiger partial charge in [-0.1, -0.05) is 41.3 Å². The van der Waals surface area contributed by atoms with Crippen molar-refractivity contribution in [2.45, 2.75) is 17.7 Å². The summed E-state index contributed by atoms with van der Waals surface area (Å²) in [6, 6.07) is 7.99. The average molecular weight is 251 g/mol. The fourth-order valence-electron chi connectivity index (χ4n) is 1.35. The minimum absolute atomic E-state index is 0.872. The minimum Gasteiger partial charge on any atom is -0.399 e. The van der Waals surface area contributed by atoms with Gasteiger partial charge < -0.3 is 5.73 Å². The van der Waals surface area contributed by atoms with Gasteiger partial charge in [-0.05, 0) is 25.0 Å². The Bertz CT molecular complexity index is 468. The van der Waals surface area contributed by atoms with Crippen LogP contribution in [-0.4, -0.2) is 16.0 Å². The van der Waals surface area contributed by atoms with Crippen LogP contribution in [0.4, 0.5) is 5.69 Å². The lowest BCUT2D eigenvalue weighted by atomic mass is 10.1. The molecule has 0 radical (unpaired) electrons. The normalized spacial score (nSPS) is 10.6. The van der Waals surface area contributed by atoms with Gasteiger partial charge >= 0.3 is 0 Å². The molecule has 1 aromatic carbocycles.